The number of amides is 2. The third kappa shape index (κ3) is 5.68. The van der Waals surface area contributed by atoms with Crippen LogP contribution in [-0.4, -0.2) is 29.4 Å². The monoisotopic (exact) mass is 334 g/mol. The Morgan fingerprint density at radius 2 is 1.71 bits per heavy atom. The summed E-state index contributed by atoms with van der Waals surface area (Å²) in [5.41, 5.74) is 1.69. The van der Waals surface area contributed by atoms with Crippen LogP contribution in [0, 0.1) is 19.3 Å². The van der Waals surface area contributed by atoms with Crippen LogP contribution in [0.3, 0.4) is 0 Å². The summed E-state index contributed by atoms with van der Waals surface area (Å²) in [5, 5.41) is 14.7. The second-order valence-electron chi connectivity index (χ2n) is 6.94. The van der Waals surface area contributed by atoms with E-state index in [4.69, 9.17) is 5.11 Å². The van der Waals surface area contributed by atoms with Crippen LogP contribution in [0.4, 0.5) is 5.69 Å². The first-order chi connectivity index (χ1) is 11.0. The number of aromatic carboxylic acids is 1. The molecule has 0 radical (unpaired) electrons. The van der Waals surface area contributed by atoms with Gasteiger partial charge in [-0.2, -0.15) is 0 Å². The van der Waals surface area contributed by atoms with E-state index in [1.54, 1.807) is 13.0 Å². The second kappa shape index (κ2) is 7.95. The molecule has 2 amide bonds. The first-order valence-corrected chi connectivity index (χ1v) is 7.95. The summed E-state index contributed by atoms with van der Waals surface area (Å²) in [6.07, 6.45) is 0.768. The van der Waals surface area contributed by atoms with Gasteiger partial charge in [-0.05, 0) is 37.5 Å². The fraction of sp³-hybridized carbons (Fsp3) is 0.500. The molecule has 0 unspecified atom stereocenters. The van der Waals surface area contributed by atoms with Crippen LogP contribution in [0.15, 0.2) is 12.1 Å². The number of benzene rings is 1. The van der Waals surface area contributed by atoms with Crippen LogP contribution in [-0.2, 0) is 9.59 Å². The molecule has 0 fully saturated rings. The van der Waals surface area contributed by atoms with Crippen molar-refractivity contribution in [1.82, 2.24) is 5.32 Å². The Bertz CT molecular complexity index is 645. The van der Waals surface area contributed by atoms with Gasteiger partial charge in [-0.15, -0.1) is 0 Å². The number of carboxylic acids is 1. The molecule has 24 heavy (non-hydrogen) atoms. The summed E-state index contributed by atoms with van der Waals surface area (Å²) < 4.78 is 0. The Kier molecular flexibility index (Phi) is 6.51. The molecule has 1 aromatic carbocycles. The zero-order chi connectivity index (χ0) is 18.5. The van der Waals surface area contributed by atoms with Gasteiger partial charge in [0.15, 0.2) is 0 Å². The number of carbonyl (C=O) groups is 3. The van der Waals surface area contributed by atoms with E-state index in [9.17, 15) is 14.4 Å². The number of aryl methyl sites for hydroxylation is 2. The predicted molar refractivity (Wildman–Crippen MR) is 93.2 cm³/mol. The number of rotatable bonds is 6. The smallest absolute Gasteiger partial charge is 0.336 e. The summed E-state index contributed by atoms with van der Waals surface area (Å²) in [5.74, 6) is -1.28. The molecule has 0 spiro atoms. The minimum atomic E-state index is -1.02. The molecular formula is C18H26N2O4. The van der Waals surface area contributed by atoms with Crippen LogP contribution < -0.4 is 10.6 Å². The van der Waals surface area contributed by atoms with Crippen molar-refractivity contribution in [1.29, 1.82) is 0 Å². The molecule has 0 saturated carbocycles. The molecule has 0 aromatic heterocycles. The van der Waals surface area contributed by atoms with Crippen molar-refractivity contribution in [2.45, 2.75) is 47.5 Å². The van der Waals surface area contributed by atoms with E-state index >= 15 is 0 Å². The standard InChI is InChI=1S/C18H26N2O4/c1-11-9-12(2)14(10-13(11)16(22)23)20-15(21)7-6-8-19-17(24)18(3,4)5/h9-10H,6-8H2,1-5H3,(H,19,24)(H,20,21)(H,22,23). The quantitative estimate of drug-likeness (QED) is 0.697. The highest BCUT2D eigenvalue weighted by Gasteiger charge is 2.20. The van der Waals surface area contributed by atoms with E-state index in [-0.39, 0.29) is 23.8 Å². The van der Waals surface area contributed by atoms with Crippen LogP contribution in [0.5, 0.6) is 0 Å². The summed E-state index contributed by atoms with van der Waals surface area (Å²) in [6, 6.07) is 3.22. The molecule has 6 nitrogen and oxygen atoms in total. The number of carbonyl (C=O) groups excluding carboxylic acids is 2. The minimum absolute atomic E-state index is 0.0524. The van der Waals surface area contributed by atoms with Gasteiger partial charge in [0.05, 0.1) is 5.56 Å². The molecule has 0 saturated heterocycles. The third-order valence-electron chi connectivity index (χ3n) is 3.62. The fourth-order valence-corrected chi connectivity index (χ4v) is 2.15. The molecule has 1 aromatic rings. The Balaban J connectivity index is 2.56. The molecule has 0 atom stereocenters. The zero-order valence-corrected chi connectivity index (χ0v) is 14.9. The molecule has 0 aliphatic heterocycles. The van der Waals surface area contributed by atoms with Gasteiger partial charge in [0, 0.05) is 24.1 Å². The highest BCUT2D eigenvalue weighted by molar-refractivity contribution is 5.95. The molecule has 0 aliphatic rings. The van der Waals surface area contributed by atoms with Crippen LogP contribution in [0.2, 0.25) is 0 Å². The maximum absolute atomic E-state index is 12.0. The zero-order valence-electron chi connectivity index (χ0n) is 14.9. The van der Waals surface area contributed by atoms with Crippen LogP contribution in [0.25, 0.3) is 0 Å². The van der Waals surface area contributed by atoms with E-state index in [1.165, 1.54) is 6.07 Å². The van der Waals surface area contributed by atoms with Crippen molar-refractivity contribution >= 4 is 23.5 Å². The van der Waals surface area contributed by atoms with Gasteiger partial charge in [-0.3, -0.25) is 9.59 Å². The van der Waals surface area contributed by atoms with E-state index in [1.807, 2.05) is 27.7 Å². The summed E-state index contributed by atoms with van der Waals surface area (Å²) in [7, 11) is 0. The van der Waals surface area contributed by atoms with Gasteiger partial charge in [-0.1, -0.05) is 26.8 Å². The van der Waals surface area contributed by atoms with E-state index in [0.29, 0.717) is 24.2 Å². The first-order valence-electron chi connectivity index (χ1n) is 7.95. The van der Waals surface area contributed by atoms with Gasteiger partial charge in [0.1, 0.15) is 0 Å². The SMILES string of the molecule is Cc1cc(C)c(C(=O)O)cc1NC(=O)CCCNC(=O)C(C)(C)C. The lowest BCUT2D eigenvalue weighted by atomic mass is 9.96. The Morgan fingerprint density at radius 3 is 2.25 bits per heavy atom. The average molecular weight is 334 g/mol. The molecule has 0 heterocycles. The molecule has 3 N–H and O–H groups in total. The predicted octanol–water partition coefficient (Wildman–Crippen LogP) is 2.88. The van der Waals surface area contributed by atoms with Crippen molar-refractivity contribution in [2.75, 3.05) is 11.9 Å². The highest BCUT2D eigenvalue weighted by atomic mass is 16.4. The Labute approximate surface area is 142 Å². The third-order valence-corrected chi connectivity index (χ3v) is 3.62. The maximum Gasteiger partial charge on any atom is 0.336 e. The summed E-state index contributed by atoms with van der Waals surface area (Å²) in [4.78, 5) is 34.9. The van der Waals surface area contributed by atoms with Crippen molar-refractivity contribution in [2.24, 2.45) is 5.41 Å². The number of nitrogens with one attached hydrogen (secondary N) is 2. The molecule has 0 aliphatic carbocycles. The number of anilines is 1. The number of hydrogen-bond acceptors (Lipinski definition) is 3. The van der Waals surface area contributed by atoms with E-state index in [2.05, 4.69) is 10.6 Å². The second-order valence-corrected chi connectivity index (χ2v) is 6.94. The molecule has 0 bridgehead atoms. The van der Waals surface area contributed by atoms with Crippen LogP contribution >= 0.6 is 0 Å². The first kappa shape index (κ1) is 19.7. The van der Waals surface area contributed by atoms with Gasteiger partial charge >= 0.3 is 5.97 Å². The number of carboxylic acid groups (broad SMARTS) is 1. The van der Waals surface area contributed by atoms with Gasteiger partial charge in [0.25, 0.3) is 0 Å². The lowest BCUT2D eigenvalue weighted by Crippen LogP contribution is -2.35. The van der Waals surface area contributed by atoms with Crippen LogP contribution in [0.1, 0.15) is 55.1 Å². The molecular weight excluding hydrogens is 308 g/mol. The average Bonchev–Trinajstić information content (AvgIpc) is 2.44. The Hall–Kier alpha value is -2.37. The van der Waals surface area contributed by atoms with E-state index in [0.717, 1.165) is 5.56 Å². The fourth-order valence-electron chi connectivity index (χ4n) is 2.15. The van der Waals surface area contributed by atoms with Gasteiger partial charge < -0.3 is 15.7 Å². The van der Waals surface area contributed by atoms with Crippen molar-refractivity contribution in [3.63, 3.8) is 0 Å². The van der Waals surface area contributed by atoms with Gasteiger partial charge in [0.2, 0.25) is 11.8 Å². The molecule has 6 heteroatoms. The highest BCUT2D eigenvalue weighted by Crippen LogP contribution is 2.21. The van der Waals surface area contributed by atoms with Crippen molar-refractivity contribution < 1.29 is 19.5 Å². The minimum Gasteiger partial charge on any atom is -0.478 e. The van der Waals surface area contributed by atoms with Gasteiger partial charge in [-0.25, -0.2) is 4.79 Å². The van der Waals surface area contributed by atoms with E-state index < -0.39 is 11.4 Å². The lowest BCUT2D eigenvalue weighted by molar-refractivity contribution is -0.128. The topological polar surface area (TPSA) is 95.5 Å². The molecule has 132 valence electrons. The largest absolute Gasteiger partial charge is 0.478 e. The Morgan fingerprint density at radius 1 is 1.08 bits per heavy atom. The van der Waals surface area contributed by atoms with Crippen molar-refractivity contribution in [3.05, 3.63) is 28.8 Å². The molecule has 1 rings (SSSR count). The maximum atomic E-state index is 12.0. The summed E-state index contributed by atoms with van der Waals surface area (Å²) in [6.45, 7) is 9.45. The lowest BCUT2D eigenvalue weighted by Gasteiger charge is -2.17. The number of hydrogen-bond donors (Lipinski definition) is 3. The summed E-state index contributed by atoms with van der Waals surface area (Å²) >= 11 is 0. The normalized spacial score (nSPS) is 11.0. The van der Waals surface area contributed by atoms with Crippen molar-refractivity contribution in [3.8, 4) is 0 Å².